The lowest BCUT2D eigenvalue weighted by atomic mass is 10.1. The number of hydrogen-bond donors (Lipinski definition) is 3. The molecule has 1 aliphatic carbocycles. The number of benzene rings is 1. The monoisotopic (exact) mass is 458 g/mol. The SMILES string of the molecule is COC[C@H]1C[C@@H](n2cnc3c(N[C@H]4CCN(c5cccc(Cl)c5)C4)ncnc32)[C@@H](O)[C@H]1O. The van der Waals surface area contributed by atoms with Crippen LogP contribution in [-0.4, -0.2) is 74.8 Å². The fourth-order valence-electron chi connectivity index (χ4n) is 4.93. The van der Waals surface area contributed by atoms with Gasteiger partial charge in [-0.1, -0.05) is 17.7 Å². The number of anilines is 2. The summed E-state index contributed by atoms with van der Waals surface area (Å²) in [6.45, 7) is 2.15. The Kier molecular flexibility index (Phi) is 5.90. The van der Waals surface area contributed by atoms with Crippen LogP contribution in [-0.2, 0) is 4.74 Å². The molecule has 9 nitrogen and oxygen atoms in total. The van der Waals surface area contributed by atoms with Gasteiger partial charge in [0.05, 0.1) is 25.1 Å². The lowest BCUT2D eigenvalue weighted by Gasteiger charge is -2.20. The number of hydrogen-bond acceptors (Lipinski definition) is 8. The third-order valence-corrected chi connectivity index (χ3v) is 6.81. The molecule has 1 saturated carbocycles. The number of halogens is 1. The quantitative estimate of drug-likeness (QED) is 0.515. The third kappa shape index (κ3) is 3.90. The van der Waals surface area contributed by atoms with E-state index in [1.807, 2.05) is 22.8 Å². The summed E-state index contributed by atoms with van der Waals surface area (Å²) in [6, 6.07) is 7.78. The number of rotatable bonds is 6. The Balaban J connectivity index is 1.34. The molecule has 3 heterocycles. The Morgan fingerprint density at radius 1 is 1.22 bits per heavy atom. The largest absolute Gasteiger partial charge is 0.390 e. The second kappa shape index (κ2) is 8.82. The highest BCUT2D eigenvalue weighted by atomic mass is 35.5. The van der Waals surface area contributed by atoms with Crippen LogP contribution in [0.25, 0.3) is 11.2 Å². The van der Waals surface area contributed by atoms with Gasteiger partial charge in [0.15, 0.2) is 11.5 Å². The zero-order chi connectivity index (χ0) is 22.2. The van der Waals surface area contributed by atoms with Gasteiger partial charge in [-0.25, -0.2) is 15.0 Å². The predicted octanol–water partition coefficient (Wildman–Crippen LogP) is 2.10. The Hall–Kier alpha value is -2.46. The normalized spacial score (nSPS) is 28.0. The van der Waals surface area contributed by atoms with E-state index in [1.165, 1.54) is 6.33 Å². The summed E-state index contributed by atoms with van der Waals surface area (Å²) in [5, 5.41) is 25.3. The van der Waals surface area contributed by atoms with E-state index >= 15 is 0 Å². The maximum absolute atomic E-state index is 10.6. The van der Waals surface area contributed by atoms with Gasteiger partial charge in [0.2, 0.25) is 0 Å². The van der Waals surface area contributed by atoms with Crippen LogP contribution < -0.4 is 10.2 Å². The minimum atomic E-state index is -0.903. The summed E-state index contributed by atoms with van der Waals surface area (Å²) < 4.78 is 7.04. The van der Waals surface area contributed by atoms with Crippen LogP contribution in [0.5, 0.6) is 0 Å². The van der Waals surface area contributed by atoms with E-state index in [2.05, 4.69) is 31.2 Å². The first-order valence-corrected chi connectivity index (χ1v) is 11.2. The van der Waals surface area contributed by atoms with Crippen LogP contribution >= 0.6 is 11.6 Å². The summed E-state index contributed by atoms with van der Waals surface area (Å²) >= 11 is 6.15. The van der Waals surface area contributed by atoms with E-state index in [-0.39, 0.29) is 18.0 Å². The molecular weight excluding hydrogens is 432 g/mol. The first-order valence-electron chi connectivity index (χ1n) is 10.8. The zero-order valence-electron chi connectivity index (χ0n) is 17.8. The minimum Gasteiger partial charge on any atom is -0.390 e. The van der Waals surface area contributed by atoms with E-state index in [0.29, 0.717) is 30.0 Å². The summed E-state index contributed by atoms with van der Waals surface area (Å²) in [5.41, 5.74) is 2.41. The molecule has 1 aliphatic heterocycles. The molecule has 5 rings (SSSR count). The highest BCUT2D eigenvalue weighted by Gasteiger charge is 2.43. The van der Waals surface area contributed by atoms with Crippen molar-refractivity contribution in [2.24, 2.45) is 5.92 Å². The van der Waals surface area contributed by atoms with Gasteiger partial charge in [-0.3, -0.25) is 0 Å². The van der Waals surface area contributed by atoms with Crippen LogP contribution in [0.15, 0.2) is 36.9 Å². The van der Waals surface area contributed by atoms with Crippen LogP contribution in [0.4, 0.5) is 11.5 Å². The fraction of sp³-hybridized carbons (Fsp3) is 0.500. The Labute approximate surface area is 191 Å². The van der Waals surface area contributed by atoms with Crippen molar-refractivity contribution in [3.63, 3.8) is 0 Å². The first kappa shape index (κ1) is 21.4. The van der Waals surface area contributed by atoms with Gasteiger partial charge in [0.25, 0.3) is 0 Å². The lowest BCUT2D eigenvalue weighted by Crippen LogP contribution is -2.30. The average molecular weight is 459 g/mol. The molecule has 0 amide bonds. The molecule has 10 heteroatoms. The number of methoxy groups -OCH3 is 1. The van der Waals surface area contributed by atoms with Gasteiger partial charge in [0, 0.05) is 42.9 Å². The van der Waals surface area contributed by atoms with Crippen molar-refractivity contribution in [1.29, 1.82) is 0 Å². The number of ether oxygens (including phenoxy) is 1. The molecule has 0 radical (unpaired) electrons. The summed E-state index contributed by atoms with van der Waals surface area (Å²) in [7, 11) is 1.60. The van der Waals surface area contributed by atoms with Crippen molar-refractivity contribution < 1.29 is 14.9 Å². The third-order valence-electron chi connectivity index (χ3n) is 6.57. The lowest BCUT2D eigenvalue weighted by molar-refractivity contribution is -0.00886. The van der Waals surface area contributed by atoms with Gasteiger partial charge in [0.1, 0.15) is 17.9 Å². The van der Waals surface area contributed by atoms with Crippen molar-refractivity contribution in [2.45, 2.75) is 37.1 Å². The van der Waals surface area contributed by atoms with Gasteiger partial charge in [-0.2, -0.15) is 0 Å². The fourth-order valence-corrected chi connectivity index (χ4v) is 5.12. The van der Waals surface area contributed by atoms with E-state index in [9.17, 15) is 10.2 Å². The molecule has 0 unspecified atom stereocenters. The topological polar surface area (TPSA) is 109 Å². The Bertz CT molecular complexity index is 1090. The molecule has 1 aromatic carbocycles. The molecule has 32 heavy (non-hydrogen) atoms. The van der Waals surface area contributed by atoms with Gasteiger partial charge >= 0.3 is 0 Å². The highest BCUT2D eigenvalue weighted by Crippen LogP contribution is 2.37. The molecule has 2 aromatic heterocycles. The molecule has 1 saturated heterocycles. The van der Waals surface area contributed by atoms with Crippen molar-refractivity contribution in [1.82, 2.24) is 19.5 Å². The molecular formula is C22H27ClN6O3. The van der Waals surface area contributed by atoms with E-state index in [1.54, 1.807) is 13.4 Å². The van der Waals surface area contributed by atoms with Gasteiger partial charge < -0.3 is 29.7 Å². The molecule has 170 valence electrons. The van der Waals surface area contributed by atoms with Crippen LogP contribution in [0.3, 0.4) is 0 Å². The molecule has 2 aliphatic rings. The standard InChI is InChI=1S/C22H27ClN6O3/c1-32-10-13-7-17(20(31)19(13)30)29-12-26-18-21(24-11-25-22(18)29)27-15-5-6-28(9-15)16-4-2-3-14(23)8-16/h2-4,8,11-13,15,17,19-20,30-31H,5-7,9-10H2,1H3,(H,24,25,27)/t13-,15+,17-,19+,20-/m1/s1. The molecule has 0 spiro atoms. The second-order valence-corrected chi connectivity index (χ2v) is 9.04. The van der Waals surface area contributed by atoms with Crippen LogP contribution in [0.2, 0.25) is 5.02 Å². The molecule has 3 N–H and O–H groups in total. The van der Waals surface area contributed by atoms with Gasteiger partial charge in [-0.05, 0) is 31.0 Å². The highest BCUT2D eigenvalue weighted by molar-refractivity contribution is 6.30. The Morgan fingerprint density at radius 2 is 2.09 bits per heavy atom. The molecule has 3 aromatic rings. The molecule has 2 fully saturated rings. The van der Waals surface area contributed by atoms with Crippen molar-refractivity contribution >= 4 is 34.3 Å². The van der Waals surface area contributed by atoms with E-state index in [4.69, 9.17) is 16.3 Å². The van der Waals surface area contributed by atoms with Crippen molar-refractivity contribution in [3.05, 3.63) is 41.9 Å². The number of aliphatic hydroxyl groups excluding tert-OH is 2. The average Bonchev–Trinajstić information content (AvgIpc) is 3.49. The smallest absolute Gasteiger partial charge is 0.165 e. The summed E-state index contributed by atoms with van der Waals surface area (Å²) in [6.07, 6.45) is 2.99. The van der Waals surface area contributed by atoms with E-state index < -0.39 is 12.2 Å². The van der Waals surface area contributed by atoms with Crippen LogP contribution in [0.1, 0.15) is 18.9 Å². The second-order valence-electron chi connectivity index (χ2n) is 8.60. The molecule has 5 atom stereocenters. The Morgan fingerprint density at radius 3 is 2.91 bits per heavy atom. The number of nitrogens with zero attached hydrogens (tertiary/aromatic N) is 5. The number of fused-ring (bicyclic) bond motifs is 1. The predicted molar refractivity (Wildman–Crippen MR) is 122 cm³/mol. The maximum Gasteiger partial charge on any atom is 0.165 e. The maximum atomic E-state index is 10.6. The number of imidazole rings is 1. The zero-order valence-corrected chi connectivity index (χ0v) is 18.6. The minimum absolute atomic E-state index is 0.132. The number of nitrogens with one attached hydrogen (secondary N) is 1. The summed E-state index contributed by atoms with van der Waals surface area (Å²) in [4.78, 5) is 15.7. The van der Waals surface area contributed by atoms with Crippen molar-refractivity contribution in [3.8, 4) is 0 Å². The van der Waals surface area contributed by atoms with Gasteiger partial charge in [-0.15, -0.1) is 0 Å². The summed E-state index contributed by atoms with van der Waals surface area (Å²) in [5.74, 6) is 0.543. The number of aliphatic hydroxyl groups is 2. The van der Waals surface area contributed by atoms with Crippen LogP contribution in [0, 0.1) is 5.92 Å². The molecule has 0 bridgehead atoms. The number of aromatic nitrogens is 4. The van der Waals surface area contributed by atoms with E-state index in [0.717, 1.165) is 30.2 Å². The van der Waals surface area contributed by atoms with Crippen molar-refractivity contribution in [2.75, 3.05) is 37.0 Å². The first-order chi connectivity index (χ1) is 15.5.